The number of halogens is 1. The highest BCUT2D eigenvalue weighted by Crippen LogP contribution is 2.32. The van der Waals surface area contributed by atoms with E-state index in [1.54, 1.807) is 0 Å². The van der Waals surface area contributed by atoms with Crippen molar-refractivity contribution < 1.29 is 0 Å². The summed E-state index contributed by atoms with van der Waals surface area (Å²) < 4.78 is 0. The summed E-state index contributed by atoms with van der Waals surface area (Å²) in [5.74, 6) is 0. The molecule has 0 radical (unpaired) electrons. The monoisotopic (exact) mass is 306 g/mol. The summed E-state index contributed by atoms with van der Waals surface area (Å²) in [6, 6.07) is 6.93. The van der Waals surface area contributed by atoms with Crippen molar-refractivity contribution in [3.05, 3.63) is 35.5 Å². The van der Waals surface area contributed by atoms with E-state index in [0.717, 1.165) is 37.0 Å². The Balaban J connectivity index is 1.82. The molecule has 21 heavy (non-hydrogen) atoms. The van der Waals surface area contributed by atoms with E-state index in [9.17, 15) is 0 Å². The number of hydrogen-bond acceptors (Lipinski definition) is 4. The maximum atomic E-state index is 6.39. The van der Waals surface area contributed by atoms with E-state index in [1.807, 2.05) is 6.07 Å². The van der Waals surface area contributed by atoms with Gasteiger partial charge in [0.1, 0.15) is 0 Å². The molecular formula is C16H23ClN4. The lowest BCUT2D eigenvalue weighted by Gasteiger charge is -2.34. The number of anilines is 2. The standard InChI is InChI=1S/C16H23ClN4/c1-20(13-5-8-18-9-6-13)14-3-4-15(17)16(11-14)21-10-2-7-19-12-21/h2-4,10-11,13,18-19H,5-9,12H2,1H3. The Kier molecular flexibility index (Phi) is 4.68. The second-order valence-electron chi connectivity index (χ2n) is 5.69. The summed E-state index contributed by atoms with van der Waals surface area (Å²) in [7, 11) is 2.19. The highest BCUT2D eigenvalue weighted by atomic mass is 35.5. The topological polar surface area (TPSA) is 30.5 Å². The molecule has 4 nitrogen and oxygen atoms in total. The van der Waals surface area contributed by atoms with Crippen LogP contribution in [0, 0.1) is 0 Å². The molecule has 2 heterocycles. The summed E-state index contributed by atoms with van der Waals surface area (Å²) in [4.78, 5) is 4.55. The van der Waals surface area contributed by atoms with Crippen molar-refractivity contribution in [2.24, 2.45) is 0 Å². The van der Waals surface area contributed by atoms with Gasteiger partial charge in [-0.15, -0.1) is 0 Å². The Morgan fingerprint density at radius 2 is 2.05 bits per heavy atom. The summed E-state index contributed by atoms with van der Waals surface area (Å²) >= 11 is 6.39. The average Bonchev–Trinajstić information content (AvgIpc) is 2.56. The fourth-order valence-corrected chi connectivity index (χ4v) is 3.24. The molecule has 5 heteroatoms. The first-order valence-electron chi connectivity index (χ1n) is 7.63. The molecule has 0 bridgehead atoms. The Morgan fingerprint density at radius 3 is 2.76 bits per heavy atom. The average molecular weight is 307 g/mol. The summed E-state index contributed by atoms with van der Waals surface area (Å²) in [5, 5.41) is 7.55. The van der Waals surface area contributed by atoms with E-state index >= 15 is 0 Å². The number of rotatable bonds is 3. The zero-order valence-electron chi connectivity index (χ0n) is 12.5. The normalized spacial score (nSPS) is 19.8. The van der Waals surface area contributed by atoms with Gasteiger partial charge in [0.2, 0.25) is 0 Å². The van der Waals surface area contributed by atoms with Gasteiger partial charge in [-0.25, -0.2) is 0 Å². The maximum Gasteiger partial charge on any atom is 0.0728 e. The van der Waals surface area contributed by atoms with Crippen LogP contribution >= 0.6 is 11.6 Å². The molecule has 0 atom stereocenters. The van der Waals surface area contributed by atoms with Crippen molar-refractivity contribution in [3.63, 3.8) is 0 Å². The SMILES string of the molecule is CN(c1ccc(Cl)c(N2C=CCNC2)c1)C1CCNCC1. The first-order chi connectivity index (χ1) is 10.3. The molecule has 2 aliphatic rings. The Hall–Kier alpha value is -1.23. The third kappa shape index (κ3) is 3.34. The van der Waals surface area contributed by atoms with Crippen molar-refractivity contribution in [2.45, 2.75) is 18.9 Å². The van der Waals surface area contributed by atoms with Gasteiger partial charge >= 0.3 is 0 Å². The van der Waals surface area contributed by atoms with Crippen LogP contribution in [0.2, 0.25) is 5.02 Å². The minimum absolute atomic E-state index is 0.607. The van der Waals surface area contributed by atoms with Crippen LogP contribution < -0.4 is 20.4 Å². The maximum absolute atomic E-state index is 6.39. The largest absolute Gasteiger partial charge is 0.371 e. The van der Waals surface area contributed by atoms with Gasteiger partial charge in [-0.3, -0.25) is 5.32 Å². The van der Waals surface area contributed by atoms with Crippen molar-refractivity contribution >= 4 is 23.0 Å². The summed E-state index contributed by atoms with van der Waals surface area (Å²) in [6.45, 7) is 3.93. The van der Waals surface area contributed by atoms with Gasteiger partial charge in [-0.1, -0.05) is 17.7 Å². The van der Waals surface area contributed by atoms with E-state index in [0.29, 0.717) is 6.04 Å². The van der Waals surface area contributed by atoms with E-state index < -0.39 is 0 Å². The molecule has 1 aromatic rings. The zero-order valence-corrected chi connectivity index (χ0v) is 13.2. The first-order valence-corrected chi connectivity index (χ1v) is 8.00. The predicted octanol–water partition coefficient (Wildman–Crippen LogP) is 2.41. The van der Waals surface area contributed by atoms with Gasteiger partial charge in [0.05, 0.1) is 17.4 Å². The van der Waals surface area contributed by atoms with E-state index in [1.165, 1.54) is 18.5 Å². The number of nitrogens with one attached hydrogen (secondary N) is 2. The number of hydrogen-bond donors (Lipinski definition) is 2. The van der Waals surface area contributed by atoms with Crippen LogP contribution in [-0.2, 0) is 0 Å². The Labute approximate surface area is 131 Å². The van der Waals surface area contributed by atoms with Crippen LogP contribution in [0.15, 0.2) is 30.5 Å². The molecule has 0 spiro atoms. The lowest BCUT2D eigenvalue weighted by atomic mass is 10.0. The molecule has 2 aliphatic heterocycles. The lowest BCUT2D eigenvalue weighted by molar-refractivity contribution is 0.443. The van der Waals surface area contributed by atoms with Crippen LogP contribution in [0.4, 0.5) is 11.4 Å². The second-order valence-corrected chi connectivity index (χ2v) is 6.10. The first kappa shape index (κ1) is 14.7. The highest BCUT2D eigenvalue weighted by Gasteiger charge is 2.19. The molecule has 114 valence electrons. The van der Waals surface area contributed by atoms with Crippen LogP contribution in [0.1, 0.15) is 12.8 Å². The fourth-order valence-electron chi connectivity index (χ4n) is 3.01. The van der Waals surface area contributed by atoms with Crippen LogP contribution in [-0.4, -0.2) is 39.4 Å². The third-order valence-electron chi connectivity index (χ3n) is 4.33. The lowest BCUT2D eigenvalue weighted by Crippen LogP contribution is -2.41. The molecule has 3 rings (SSSR count). The van der Waals surface area contributed by atoms with Crippen molar-refractivity contribution in [1.29, 1.82) is 0 Å². The molecule has 1 saturated heterocycles. The number of nitrogens with zero attached hydrogens (tertiary/aromatic N) is 2. The molecule has 2 N–H and O–H groups in total. The molecule has 1 aromatic carbocycles. The van der Waals surface area contributed by atoms with Crippen LogP contribution in [0.5, 0.6) is 0 Å². The second kappa shape index (κ2) is 6.69. The van der Waals surface area contributed by atoms with Crippen molar-refractivity contribution in [1.82, 2.24) is 10.6 Å². The molecule has 0 amide bonds. The Morgan fingerprint density at radius 1 is 1.24 bits per heavy atom. The van der Waals surface area contributed by atoms with Gasteiger partial charge in [0, 0.05) is 31.5 Å². The predicted molar refractivity (Wildman–Crippen MR) is 90.2 cm³/mol. The van der Waals surface area contributed by atoms with Gasteiger partial charge in [0.15, 0.2) is 0 Å². The van der Waals surface area contributed by atoms with Gasteiger partial charge in [-0.2, -0.15) is 0 Å². The van der Waals surface area contributed by atoms with E-state index in [4.69, 9.17) is 11.6 Å². The van der Waals surface area contributed by atoms with Gasteiger partial charge in [-0.05, 0) is 44.1 Å². The molecule has 0 saturated carbocycles. The van der Waals surface area contributed by atoms with Crippen LogP contribution in [0.25, 0.3) is 0 Å². The molecule has 0 unspecified atom stereocenters. The zero-order chi connectivity index (χ0) is 14.7. The smallest absolute Gasteiger partial charge is 0.0728 e. The van der Waals surface area contributed by atoms with Gasteiger partial charge in [0.25, 0.3) is 0 Å². The van der Waals surface area contributed by atoms with Gasteiger partial charge < -0.3 is 15.1 Å². The molecule has 0 aromatic heterocycles. The summed E-state index contributed by atoms with van der Waals surface area (Å²) in [6.07, 6.45) is 6.61. The quantitative estimate of drug-likeness (QED) is 0.898. The minimum Gasteiger partial charge on any atom is -0.371 e. The third-order valence-corrected chi connectivity index (χ3v) is 4.65. The van der Waals surface area contributed by atoms with Crippen LogP contribution in [0.3, 0.4) is 0 Å². The van der Waals surface area contributed by atoms with E-state index in [-0.39, 0.29) is 0 Å². The fraction of sp³-hybridized carbons (Fsp3) is 0.500. The van der Waals surface area contributed by atoms with E-state index in [2.05, 4.69) is 51.9 Å². The minimum atomic E-state index is 0.607. The molecule has 0 aliphatic carbocycles. The molecular weight excluding hydrogens is 284 g/mol. The summed E-state index contributed by atoms with van der Waals surface area (Å²) in [5.41, 5.74) is 2.30. The number of benzene rings is 1. The number of piperidine rings is 1. The molecule has 1 fully saturated rings. The van der Waals surface area contributed by atoms with Crippen molar-refractivity contribution in [3.8, 4) is 0 Å². The van der Waals surface area contributed by atoms with Crippen molar-refractivity contribution in [2.75, 3.05) is 43.2 Å². The highest BCUT2D eigenvalue weighted by molar-refractivity contribution is 6.33. The Bertz CT molecular complexity index is 511.